The Hall–Kier alpha value is -3.53. The molecule has 0 bridgehead atoms. The van der Waals surface area contributed by atoms with Crippen molar-refractivity contribution < 1.29 is 28.7 Å². The van der Waals surface area contributed by atoms with E-state index >= 15 is 0 Å². The van der Waals surface area contributed by atoms with E-state index in [1.807, 2.05) is 0 Å². The minimum atomic E-state index is -1.17. The highest BCUT2D eigenvalue weighted by Crippen LogP contribution is 2.34. The SMILES string of the molecule is O=C(CN1C(=O)S/C(=C/c2ccc(-c3ccc(Cl)c(C(=O)O)c3)o2)C1=O)Nc1ccc(Cl)cc1. The van der Waals surface area contributed by atoms with E-state index in [0.717, 1.165) is 4.90 Å². The third-order valence-corrected chi connectivity index (χ3v) is 6.17. The highest BCUT2D eigenvalue weighted by Gasteiger charge is 2.36. The molecule has 11 heteroatoms. The number of amides is 3. The van der Waals surface area contributed by atoms with Crippen molar-refractivity contribution in [3.63, 3.8) is 0 Å². The molecule has 0 radical (unpaired) electrons. The highest BCUT2D eigenvalue weighted by molar-refractivity contribution is 8.18. The molecule has 1 aliphatic rings. The Labute approximate surface area is 207 Å². The summed E-state index contributed by atoms with van der Waals surface area (Å²) in [5.74, 6) is -1.71. The van der Waals surface area contributed by atoms with Crippen LogP contribution in [0.3, 0.4) is 0 Å². The summed E-state index contributed by atoms with van der Waals surface area (Å²) in [5.41, 5.74) is 0.886. The van der Waals surface area contributed by atoms with Gasteiger partial charge in [0, 0.05) is 22.3 Å². The molecule has 0 atom stereocenters. The summed E-state index contributed by atoms with van der Waals surface area (Å²) in [6.45, 7) is -0.448. The van der Waals surface area contributed by atoms with Crippen LogP contribution in [0.25, 0.3) is 17.4 Å². The zero-order valence-corrected chi connectivity index (χ0v) is 19.4. The zero-order valence-electron chi connectivity index (χ0n) is 17.1. The van der Waals surface area contributed by atoms with Crippen LogP contribution >= 0.6 is 35.0 Å². The molecule has 172 valence electrons. The van der Waals surface area contributed by atoms with Crippen LogP contribution < -0.4 is 5.32 Å². The molecule has 3 aromatic rings. The number of aromatic carboxylic acids is 1. The Kier molecular flexibility index (Phi) is 6.78. The lowest BCUT2D eigenvalue weighted by Gasteiger charge is -2.12. The van der Waals surface area contributed by atoms with Gasteiger partial charge in [-0.2, -0.15) is 0 Å². The van der Waals surface area contributed by atoms with Crippen LogP contribution in [0.4, 0.5) is 10.5 Å². The van der Waals surface area contributed by atoms with Crippen LogP contribution in [0.1, 0.15) is 16.1 Å². The quantitative estimate of drug-likeness (QED) is 0.407. The second-order valence-electron chi connectivity index (χ2n) is 7.02. The summed E-state index contributed by atoms with van der Waals surface area (Å²) in [6, 6.07) is 14.0. The molecule has 1 fully saturated rings. The largest absolute Gasteiger partial charge is 0.478 e. The number of carboxylic acids is 1. The number of carboxylic acid groups (broad SMARTS) is 1. The summed E-state index contributed by atoms with van der Waals surface area (Å²) >= 11 is 12.4. The van der Waals surface area contributed by atoms with Gasteiger partial charge < -0.3 is 14.8 Å². The molecule has 1 aliphatic heterocycles. The molecule has 1 aromatic heterocycles. The van der Waals surface area contributed by atoms with Gasteiger partial charge in [0.15, 0.2) is 0 Å². The van der Waals surface area contributed by atoms with Gasteiger partial charge in [-0.15, -0.1) is 0 Å². The van der Waals surface area contributed by atoms with Crippen molar-refractivity contribution in [3.05, 3.63) is 80.9 Å². The maximum atomic E-state index is 12.7. The number of anilines is 1. The zero-order chi connectivity index (χ0) is 24.4. The standard InChI is InChI=1S/C23H14Cl2N2O6S/c24-13-2-4-14(5-3-13)26-20(28)11-27-21(29)19(34-23(27)32)10-15-6-8-18(33-15)12-1-7-17(25)16(9-12)22(30)31/h1-10H,11H2,(H,26,28)(H,30,31)/b19-10+. The van der Waals surface area contributed by atoms with Crippen LogP contribution in [-0.2, 0) is 9.59 Å². The number of benzene rings is 2. The van der Waals surface area contributed by atoms with Crippen molar-refractivity contribution in [2.75, 3.05) is 11.9 Å². The van der Waals surface area contributed by atoms with Crippen LogP contribution in [0.15, 0.2) is 63.9 Å². The van der Waals surface area contributed by atoms with Crippen LogP contribution in [-0.4, -0.2) is 39.6 Å². The molecule has 0 spiro atoms. The predicted molar refractivity (Wildman–Crippen MR) is 129 cm³/mol. The van der Waals surface area contributed by atoms with E-state index in [1.165, 1.54) is 18.2 Å². The molecule has 4 rings (SSSR count). The number of halogens is 2. The first kappa shape index (κ1) is 23.6. The lowest BCUT2D eigenvalue weighted by Crippen LogP contribution is -2.36. The molecule has 1 saturated heterocycles. The summed E-state index contributed by atoms with van der Waals surface area (Å²) < 4.78 is 5.70. The Morgan fingerprint density at radius 3 is 2.50 bits per heavy atom. The Bertz CT molecular complexity index is 1350. The number of carbonyl (C=O) groups excluding carboxylic acids is 3. The van der Waals surface area contributed by atoms with E-state index in [9.17, 15) is 24.3 Å². The molecule has 0 unspecified atom stereocenters. The average Bonchev–Trinajstić information content (AvgIpc) is 3.36. The van der Waals surface area contributed by atoms with Crippen molar-refractivity contribution >= 4 is 69.8 Å². The number of nitrogens with one attached hydrogen (secondary N) is 1. The fourth-order valence-corrected chi connectivity index (χ4v) is 4.21. The van der Waals surface area contributed by atoms with Crippen LogP contribution in [0.5, 0.6) is 0 Å². The molecule has 0 saturated carbocycles. The molecule has 2 aromatic carbocycles. The van der Waals surface area contributed by atoms with Crippen molar-refractivity contribution in [1.29, 1.82) is 0 Å². The molecule has 3 amide bonds. The summed E-state index contributed by atoms with van der Waals surface area (Å²) in [6.07, 6.45) is 1.39. The van der Waals surface area contributed by atoms with E-state index in [2.05, 4.69) is 5.32 Å². The normalized spacial score (nSPS) is 14.6. The van der Waals surface area contributed by atoms with Crippen LogP contribution in [0.2, 0.25) is 10.0 Å². The third kappa shape index (κ3) is 5.17. The lowest BCUT2D eigenvalue weighted by molar-refractivity contribution is -0.127. The van der Waals surface area contributed by atoms with Crippen molar-refractivity contribution in [1.82, 2.24) is 4.90 Å². The van der Waals surface area contributed by atoms with Gasteiger partial charge in [0.25, 0.3) is 11.1 Å². The fraction of sp³-hybridized carbons (Fsp3) is 0.0435. The van der Waals surface area contributed by atoms with Gasteiger partial charge in [0.1, 0.15) is 18.1 Å². The van der Waals surface area contributed by atoms with E-state index in [0.29, 0.717) is 33.8 Å². The first-order chi connectivity index (χ1) is 16.2. The first-order valence-corrected chi connectivity index (χ1v) is 11.2. The van der Waals surface area contributed by atoms with Crippen molar-refractivity contribution in [2.45, 2.75) is 0 Å². The Morgan fingerprint density at radius 1 is 1.06 bits per heavy atom. The van der Waals surface area contributed by atoms with Gasteiger partial charge in [-0.3, -0.25) is 19.3 Å². The predicted octanol–water partition coefficient (Wildman–Crippen LogP) is 5.63. The average molecular weight is 517 g/mol. The number of furan rings is 1. The molecular weight excluding hydrogens is 503 g/mol. The van der Waals surface area contributed by atoms with E-state index in [1.54, 1.807) is 42.5 Å². The summed E-state index contributed by atoms with van der Waals surface area (Å²) in [7, 11) is 0. The number of carbonyl (C=O) groups is 4. The molecular formula is C23H14Cl2N2O6S. The van der Waals surface area contributed by atoms with Gasteiger partial charge in [-0.05, 0) is 66.4 Å². The van der Waals surface area contributed by atoms with Crippen molar-refractivity contribution in [2.24, 2.45) is 0 Å². The number of imide groups is 1. The lowest BCUT2D eigenvalue weighted by atomic mass is 10.1. The van der Waals surface area contributed by atoms with Gasteiger partial charge in [0.05, 0.1) is 15.5 Å². The maximum absolute atomic E-state index is 12.7. The first-order valence-electron chi connectivity index (χ1n) is 9.65. The minimum absolute atomic E-state index is 0.0740. The molecule has 8 nitrogen and oxygen atoms in total. The van der Waals surface area contributed by atoms with E-state index in [-0.39, 0.29) is 21.3 Å². The van der Waals surface area contributed by atoms with Gasteiger partial charge in [-0.25, -0.2) is 4.79 Å². The monoisotopic (exact) mass is 516 g/mol. The van der Waals surface area contributed by atoms with Gasteiger partial charge in [0.2, 0.25) is 5.91 Å². The molecule has 2 heterocycles. The van der Waals surface area contributed by atoms with Crippen LogP contribution in [0, 0.1) is 0 Å². The minimum Gasteiger partial charge on any atom is -0.478 e. The molecule has 34 heavy (non-hydrogen) atoms. The number of hydrogen-bond donors (Lipinski definition) is 2. The third-order valence-electron chi connectivity index (χ3n) is 4.68. The Morgan fingerprint density at radius 2 is 1.79 bits per heavy atom. The molecule has 2 N–H and O–H groups in total. The number of rotatable bonds is 6. The molecule has 0 aliphatic carbocycles. The second kappa shape index (κ2) is 9.76. The smallest absolute Gasteiger partial charge is 0.337 e. The summed E-state index contributed by atoms with van der Waals surface area (Å²) in [5, 5.41) is 11.8. The number of thioether (sulfide) groups is 1. The van der Waals surface area contributed by atoms with Gasteiger partial charge in [-0.1, -0.05) is 23.2 Å². The van der Waals surface area contributed by atoms with Crippen molar-refractivity contribution in [3.8, 4) is 11.3 Å². The topological polar surface area (TPSA) is 117 Å². The second-order valence-corrected chi connectivity index (χ2v) is 8.86. The maximum Gasteiger partial charge on any atom is 0.337 e. The summed E-state index contributed by atoms with van der Waals surface area (Å²) in [4.78, 5) is 49.5. The highest BCUT2D eigenvalue weighted by atomic mass is 35.5. The van der Waals surface area contributed by atoms with E-state index < -0.39 is 29.6 Å². The Balaban J connectivity index is 1.47. The van der Waals surface area contributed by atoms with E-state index in [4.69, 9.17) is 27.6 Å². The fourth-order valence-electron chi connectivity index (χ4n) is 3.07. The number of nitrogens with zero attached hydrogens (tertiary/aromatic N) is 1. The van der Waals surface area contributed by atoms with Gasteiger partial charge >= 0.3 is 5.97 Å². The number of hydrogen-bond acceptors (Lipinski definition) is 6.